The molecule has 0 aliphatic carbocycles. The van der Waals surface area contributed by atoms with Crippen molar-refractivity contribution >= 4 is 17.0 Å². The van der Waals surface area contributed by atoms with Crippen LogP contribution in [0.1, 0.15) is 48.4 Å². The van der Waals surface area contributed by atoms with Crippen LogP contribution >= 0.6 is 0 Å². The van der Waals surface area contributed by atoms with Crippen LogP contribution in [0.2, 0.25) is 0 Å². The Labute approximate surface area is 118 Å². The van der Waals surface area contributed by atoms with E-state index in [9.17, 15) is 4.79 Å². The van der Waals surface area contributed by atoms with Crippen LogP contribution in [0.4, 0.5) is 0 Å². The Kier molecular flexibility index (Phi) is 4.37. The summed E-state index contributed by atoms with van der Waals surface area (Å²) in [6.07, 6.45) is 2.09. The first kappa shape index (κ1) is 14.5. The van der Waals surface area contributed by atoms with Crippen LogP contribution in [0, 0.1) is 19.8 Å². The quantitative estimate of drug-likeness (QED) is 0.852. The number of hydrogen-bond donors (Lipinski definition) is 1. The van der Waals surface area contributed by atoms with Crippen molar-refractivity contribution in [2.45, 2.75) is 40.5 Å². The summed E-state index contributed by atoms with van der Waals surface area (Å²) in [6.45, 7) is 8.70. The fraction of sp³-hybridized carbons (Fsp3) is 0.533. The van der Waals surface area contributed by atoms with Crippen LogP contribution in [0.3, 0.4) is 0 Å². The Bertz CT molecular complexity index is 617. The molecule has 0 radical (unpaired) electrons. The predicted molar refractivity (Wildman–Crippen MR) is 77.7 cm³/mol. The Hall–Kier alpha value is -1.91. The van der Waals surface area contributed by atoms with Gasteiger partial charge in [-0.05, 0) is 38.7 Å². The van der Waals surface area contributed by atoms with Crippen molar-refractivity contribution in [3.8, 4) is 0 Å². The van der Waals surface area contributed by atoms with Crippen LogP contribution in [-0.4, -0.2) is 22.6 Å². The number of amides is 1. The number of fused-ring (bicyclic) bond motifs is 1. The number of aryl methyl sites for hydroxylation is 2. The van der Waals surface area contributed by atoms with E-state index in [-0.39, 0.29) is 5.91 Å². The highest BCUT2D eigenvalue weighted by Gasteiger charge is 2.17. The van der Waals surface area contributed by atoms with E-state index >= 15 is 0 Å². The molecule has 2 aromatic heterocycles. The third-order valence-corrected chi connectivity index (χ3v) is 3.23. The van der Waals surface area contributed by atoms with Crippen LogP contribution in [0.5, 0.6) is 0 Å². The van der Waals surface area contributed by atoms with Crippen molar-refractivity contribution in [1.82, 2.24) is 15.5 Å². The molecule has 1 N–H and O–H groups in total. The Morgan fingerprint density at radius 2 is 2.15 bits per heavy atom. The maximum atomic E-state index is 12.3. The molecule has 0 unspecified atom stereocenters. The van der Waals surface area contributed by atoms with Crippen molar-refractivity contribution in [2.24, 2.45) is 5.92 Å². The normalized spacial score (nSPS) is 11.2. The fourth-order valence-electron chi connectivity index (χ4n) is 2.20. The molecule has 0 saturated heterocycles. The van der Waals surface area contributed by atoms with Crippen molar-refractivity contribution in [2.75, 3.05) is 6.54 Å². The second-order valence-electron chi connectivity index (χ2n) is 5.55. The maximum absolute atomic E-state index is 12.3. The van der Waals surface area contributed by atoms with Crippen LogP contribution in [0.15, 0.2) is 10.6 Å². The smallest absolute Gasteiger partial charge is 0.258 e. The molecule has 0 spiro atoms. The lowest BCUT2D eigenvalue weighted by Crippen LogP contribution is -2.25. The van der Waals surface area contributed by atoms with Crippen molar-refractivity contribution in [1.29, 1.82) is 0 Å². The van der Waals surface area contributed by atoms with Crippen LogP contribution in [0.25, 0.3) is 11.1 Å². The molecule has 0 bridgehead atoms. The van der Waals surface area contributed by atoms with Crippen molar-refractivity contribution < 1.29 is 9.32 Å². The molecule has 2 rings (SSSR count). The maximum Gasteiger partial charge on any atom is 0.258 e. The number of nitrogens with zero attached hydrogens (tertiary/aromatic N) is 2. The first-order valence-electron chi connectivity index (χ1n) is 7.01. The average Bonchev–Trinajstić information content (AvgIpc) is 2.74. The summed E-state index contributed by atoms with van der Waals surface area (Å²) in [6, 6.07) is 1.78. The monoisotopic (exact) mass is 275 g/mol. The summed E-state index contributed by atoms with van der Waals surface area (Å²) < 4.78 is 5.14. The Balaban J connectivity index is 2.15. The first-order valence-corrected chi connectivity index (χ1v) is 7.01. The van der Waals surface area contributed by atoms with Gasteiger partial charge in [-0.3, -0.25) is 4.79 Å². The van der Waals surface area contributed by atoms with E-state index in [4.69, 9.17) is 4.52 Å². The van der Waals surface area contributed by atoms with E-state index in [0.717, 1.165) is 18.5 Å². The minimum atomic E-state index is -0.0874. The molecule has 108 valence electrons. The van der Waals surface area contributed by atoms with Gasteiger partial charge in [-0.15, -0.1) is 0 Å². The molecule has 0 fully saturated rings. The third-order valence-electron chi connectivity index (χ3n) is 3.23. The number of rotatable bonds is 5. The van der Waals surface area contributed by atoms with Crippen LogP contribution in [-0.2, 0) is 0 Å². The molecule has 2 heterocycles. The molecule has 1 amide bonds. The average molecular weight is 275 g/mol. The van der Waals surface area contributed by atoms with Gasteiger partial charge < -0.3 is 9.84 Å². The molecule has 5 heteroatoms. The molecule has 0 aromatic carbocycles. The highest BCUT2D eigenvalue weighted by Crippen LogP contribution is 2.21. The van der Waals surface area contributed by atoms with Gasteiger partial charge in [0.15, 0.2) is 0 Å². The summed E-state index contributed by atoms with van der Waals surface area (Å²) in [5, 5.41) is 7.54. The molecule has 0 saturated carbocycles. The summed E-state index contributed by atoms with van der Waals surface area (Å²) in [5.74, 6) is 0.567. The number of hydrogen-bond acceptors (Lipinski definition) is 4. The van der Waals surface area contributed by atoms with Gasteiger partial charge >= 0.3 is 0 Å². The molecular formula is C15H21N3O2. The minimum Gasteiger partial charge on any atom is -0.352 e. The van der Waals surface area contributed by atoms with E-state index in [1.54, 1.807) is 6.07 Å². The van der Waals surface area contributed by atoms with Gasteiger partial charge in [-0.1, -0.05) is 19.0 Å². The van der Waals surface area contributed by atoms with Crippen LogP contribution < -0.4 is 5.32 Å². The summed E-state index contributed by atoms with van der Waals surface area (Å²) in [7, 11) is 0. The molecular weight excluding hydrogens is 254 g/mol. The van der Waals surface area contributed by atoms with Gasteiger partial charge in [0.25, 0.3) is 11.6 Å². The van der Waals surface area contributed by atoms with Gasteiger partial charge in [0, 0.05) is 12.2 Å². The van der Waals surface area contributed by atoms with Gasteiger partial charge in [0.1, 0.15) is 0 Å². The lowest BCUT2D eigenvalue weighted by atomic mass is 10.1. The number of pyridine rings is 1. The zero-order valence-electron chi connectivity index (χ0n) is 12.5. The van der Waals surface area contributed by atoms with Crippen molar-refractivity contribution in [3.05, 3.63) is 23.0 Å². The van der Waals surface area contributed by atoms with Gasteiger partial charge in [-0.25, -0.2) is 4.98 Å². The Morgan fingerprint density at radius 1 is 1.40 bits per heavy atom. The molecule has 2 aromatic rings. The zero-order valence-corrected chi connectivity index (χ0v) is 12.5. The first-order chi connectivity index (χ1) is 9.49. The zero-order chi connectivity index (χ0) is 14.7. The molecule has 20 heavy (non-hydrogen) atoms. The molecule has 5 nitrogen and oxygen atoms in total. The summed E-state index contributed by atoms with van der Waals surface area (Å²) >= 11 is 0. The second kappa shape index (κ2) is 6.03. The van der Waals surface area contributed by atoms with E-state index in [0.29, 0.717) is 34.8 Å². The number of aromatic nitrogens is 2. The molecule has 0 aliphatic heterocycles. The number of nitrogens with one attached hydrogen (secondary N) is 1. The Morgan fingerprint density at radius 3 is 2.85 bits per heavy atom. The highest BCUT2D eigenvalue weighted by atomic mass is 16.5. The lowest BCUT2D eigenvalue weighted by Gasteiger charge is -2.08. The highest BCUT2D eigenvalue weighted by molar-refractivity contribution is 6.05. The van der Waals surface area contributed by atoms with E-state index in [1.165, 1.54) is 0 Å². The van der Waals surface area contributed by atoms with E-state index in [2.05, 4.69) is 29.3 Å². The van der Waals surface area contributed by atoms with Gasteiger partial charge in [0.2, 0.25) is 0 Å². The standard InChI is InChI=1S/C15H21N3O2/c1-9(2)6-5-7-16-14(19)12-8-10(3)17-15-13(12)11(4)18-20-15/h8-9H,5-7H2,1-4H3,(H,16,19). The molecule has 0 atom stereocenters. The predicted octanol–water partition coefficient (Wildman–Crippen LogP) is 3.01. The van der Waals surface area contributed by atoms with E-state index < -0.39 is 0 Å². The number of carbonyl (C=O) groups is 1. The van der Waals surface area contributed by atoms with Gasteiger partial charge in [-0.2, -0.15) is 0 Å². The molecule has 0 aliphatic rings. The summed E-state index contributed by atoms with van der Waals surface area (Å²) in [4.78, 5) is 16.5. The third kappa shape index (κ3) is 3.15. The second-order valence-corrected chi connectivity index (χ2v) is 5.55. The van der Waals surface area contributed by atoms with E-state index in [1.807, 2.05) is 13.8 Å². The van der Waals surface area contributed by atoms with Crippen molar-refractivity contribution in [3.63, 3.8) is 0 Å². The fourth-order valence-corrected chi connectivity index (χ4v) is 2.20. The minimum absolute atomic E-state index is 0.0874. The lowest BCUT2D eigenvalue weighted by molar-refractivity contribution is 0.0954. The SMILES string of the molecule is Cc1cc(C(=O)NCCCC(C)C)c2c(C)noc2n1. The number of carbonyl (C=O) groups excluding carboxylic acids is 1. The van der Waals surface area contributed by atoms with Gasteiger partial charge in [0.05, 0.1) is 16.6 Å². The largest absolute Gasteiger partial charge is 0.352 e. The summed E-state index contributed by atoms with van der Waals surface area (Å²) in [5.41, 5.74) is 2.46. The topological polar surface area (TPSA) is 68.0 Å².